The van der Waals surface area contributed by atoms with E-state index in [2.05, 4.69) is 4.99 Å². The number of aliphatic imine (C=N–C) groups is 1. The van der Waals surface area contributed by atoms with Gasteiger partial charge in [0.25, 0.3) is 0 Å². The minimum atomic E-state index is 0.901. The molecule has 0 aromatic heterocycles. The summed E-state index contributed by atoms with van der Waals surface area (Å²) >= 11 is 0. The van der Waals surface area contributed by atoms with Crippen LogP contribution in [0, 0.1) is 0 Å². The van der Waals surface area contributed by atoms with E-state index >= 15 is 0 Å². The summed E-state index contributed by atoms with van der Waals surface area (Å²) in [7, 11) is 1.75. The first kappa shape index (κ1) is 12.4. The van der Waals surface area contributed by atoms with Gasteiger partial charge in [-0.2, -0.15) is 0 Å². The third-order valence-corrected chi connectivity index (χ3v) is 1.56. The molecule has 1 rings (SSSR count). The van der Waals surface area contributed by atoms with E-state index < -0.39 is 0 Å². The van der Waals surface area contributed by atoms with E-state index in [1.54, 1.807) is 13.1 Å². The molecule has 0 atom stereocenters. The van der Waals surface area contributed by atoms with Crippen molar-refractivity contribution in [3.05, 3.63) is 48.2 Å². The van der Waals surface area contributed by atoms with Crippen LogP contribution in [0.15, 0.2) is 47.6 Å². The molecular formula is C12H18N2. The number of allylic oxidation sites excluding steroid dienone is 1. The molecule has 1 aromatic carbocycles. The van der Waals surface area contributed by atoms with Gasteiger partial charge < -0.3 is 5.73 Å². The molecule has 2 N–H and O–H groups in total. The van der Waals surface area contributed by atoms with Crippen LogP contribution in [-0.4, -0.2) is 12.8 Å². The Bertz CT molecular complexity index is 286. The predicted molar refractivity (Wildman–Crippen MR) is 63.6 cm³/mol. The van der Waals surface area contributed by atoms with E-state index in [0.29, 0.717) is 0 Å². The SMILES string of the molecule is CC.CN=C(/C=C\N)c1ccccc1. The summed E-state index contributed by atoms with van der Waals surface area (Å²) in [6, 6.07) is 9.93. The summed E-state index contributed by atoms with van der Waals surface area (Å²) in [6.45, 7) is 4.00. The summed E-state index contributed by atoms with van der Waals surface area (Å²) < 4.78 is 0. The maximum absolute atomic E-state index is 5.28. The summed E-state index contributed by atoms with van der Waals surface area (Å²) in [5.41, 5.74) is 7.27. The molecule has 1 aromatic rings. The molecule has 0 bridgehead atoms. The van der Waals surface area contributed by atoms with Crippen LogP contribution in [0.2, 0.25) is 0 Å². The van der Waals surface area contributed by atoms with Crippen LogP contribution in [0.4, 0.5) is 0 Å². The smallest absolute Gasteiger partial charge is 0.0657 e. The molecular weight excluding hydrogens is 172 g/mol. The molecule has 0 radical (unpaired) electrons. The van der Waals surface area contributed by atoms with Gasteiger partial charge >= 0.3 is 0 Å². The fourth-order valence-electron chi connectivity index (χ4n) is 1.000. The number of nitrogens with zero attached hydrogens (tertiary/aromatic N) is 1. The van der Waals surface area contributed by atoms with Crippen molar-refractivity contribution in [1.82, 2.24) is 0 Å². The van der Waals surface area contributed by atoms with Crippen molar-refractivity contribution in [2.45, 2.75) is 13.8 Å². The van der Waals surface area contributed by atoms with Crippen LogP contribution in [-0.2, 0) is 0 Å². The van der Waals surface area contributed by atoms with Gasteiger partial charge in [0, 0.05) is 7.05 Å². The average molecular weight is 190 g/mol. The van der Waals surface area contributed by atoms with Gasteiger partial charge in [-0.05, 0) is 17.8 Å². The standard InChI is InChI=1S/C10H12N2.C2H6/c1-12-10(7-8-11)9-5-3-2-4-6-9;1-2/h2-8H,11H2,1H3;1-2H3/b8-7-,12-10?;. The Balaban J connectivity index is 0.000000791. The first-order valence-corrected chi connectivity index (χ1v) is 4.79. The molecule has 0 saturated heterocycles. The first-order valence-electron chi connectivity index (χ1n) is 4.79. The Hall–Kier alpha value is -1.57. The van der Waals surface area contributed by atoms with Crippen molar-refractivity contribution in [2.24, 2.45) is 10.7 Å². The highest BCUT2D eigenvalue weighted by Crippen LogP contribution is 2.01. The van der Waals surface area contributed by atoms with Crippen molar-refractivity contribution in [1.29, 1.82) is 0 Å². The first-order chi connectivity index (χ1) is 6.88. The van der Waals surface area contributed by atoms with Crippen LogP contribution >= 0.6 is 0 Å². The third-order valence-electron chi connectivity index (χ3n) is 1.56. The molecule has 0 aliphatic rings. The van der Waals surface area contributed by atoms with Crippen LogP contribution in [0.3, 0.4) is 0 Å². The van der Waals surface area contributed by atoms with Gasteiger partial charge in [-0.25, -0.2) is 0 Å². The van der Waals surface area contributed by atoms with Crippen molar-refractivity contribution < 1.29 is 0 Å². The van der Waals surface area contributed by atoms with E-state index in [4.69, 9.17) is 5.73 Å². The second kappa shape index (κ2) is 8.05. The Morgan fingerprint density at radius 3 is 2.21 bits per heavy atom. The zero-order valence-corrected chi connectivity index (χ0v) is 9.07. The molecule has 14 heavy (non-hydrogen) atoms. The van der Waals surface area contributed by atoms with Crippen molar-refractivity contribution in [2.75, 3.05) is 7.05 Å². The van der Waals surface area contributed by atoms with E-state index in [1.807, 2.05) is 44.2 Å². The lowest BCUT2D eigenvalue weighted by Gasteiger charge is -1.98. The van der Waals surface area contributed by atoms with E-state index in [-0.39, 0.29) is 0 Å². The van der Waals surface area contributed by atoms with E-state index in [0.717, 1.165) is 11.3 Å². The zero-order valence-electron chi connectivity index (χ0n) is 9.07. The van der Waals surface area contributed by atoms with E-state index in [9.17, 15) is 0 Å². The van der Waals surface area contributed by atoms with Gasteiger partial charge in [-0.15, -0.1) is 0 Å². The molecule has 0 aliphatic heterocycles. The van der Waals surface area contributed by atoms with Gasteiger partial charge in [-0.3, -0.25) is 4.99 Å². The summed E-state index contributed by atoms with van der Waals surface area (Å²) in [5.74, 6) is 0. The molecule has 0 fully saturated rings. The lowest BCUT2D eigenvalue weighted by Crippen LogP contribution is -1.96. The van der Waals surface area contributed by atoms with Gasteiger partial charge in [0.05, 0.1) is 5.71 Å². The lowest BCUT2D eigenvalue weighted by molar-refractivity contribution is 1.43. The van der Waals surface area contributed by atoms with Crippen molar-refractivity contribution >= 4 is 5.71 Å². The normalized spacial score (nSPS) is 10.9. The molecule has 0 aliphatic carbocycles. The fourth-order valence-corrected chi connectivity index (χ4v) is 1.000. The van der Waals surface area contributed by atoms with E-state index in [1.165, 1.54) is 6.20 Å². The van der Waals surface area contributed by atoms with Gasteiger partial charge in [0.1, 0.15) is 0 Å². The molecule has 0 amide bonds. The maximum atomic E-state index is 5.28. The number of benzene rings is 1. The largest absolute Gasteiger partial charge is 0.405 e. The number of rotatable bonds is 2. The number of nitrogens with two attached hydrogens (primary N) is 1. The Kier molecular flexibility index (Phi) is 7.15. The van der Waals surface area contributed by atoms with Crippen LogP contribution < -0.4 is 5.73 Å². The van der Waals surface area contributed by atoms with Crippen molar-refractivity contribution in [3.8, 4) is 0 Å². The van der Waals surface area contributed by atoms with Crippen LogP contribution in [0.1, 0.15) is 19.4 Å². The van der Waals surface area contributed by atoms with Crippen LogP contribution in [0.25, 0.3) is 0 Å². The molecule has 2 heteroatoms. The third kappa shape index (κ3) is 3.90. The highest BCUT2D eigenvalue weighted by Gasteiger charge is 1.94. The molecule has 0 spiro atoms. The highest BCUT2D eigenvalue weighted by molar-refractivity contribution is 6.08. The Labute approximate surface area is 86.2 Å². The minimum absolute atomic E-state index is 0.901. The topological polar surface area (TPSA) is 38.4 Å². The Morgan fingerprint density at radius 2 is 1.79 bits per heavy atom. The number of hydrogen-bond donors (Lipinski definition) is 1. The highest BCUT2D eigenvalue weighted by atomic mass is 14.7. The Morgan fingerprint density at radius 1 is 1.21 bits per heavy atom. The van der Waals surface area contributed by atoms with Gasteiger partial charge in [0.15, 0.2) is 0 Å². The quantitative estimate of drug-likeness (QED) is 0.715. The molecule has 2 nitrogen and oxygen atoms in total. The molecule has 0 heterocycles. The van der Waals surface area contributed by atoms with Gasteiger partial charge in [0.2, 0.25) is 0 Å². The van der Waals surface area contributed by atoms with Gasteiger partial charge in [-0.1, -0.05) is 44.2 Å². The summed E-state index contributed by atoms with van der Waals surface area (Å²) in [5, 5.41) is 0. The number of hydrogen-bond acceptors (Lipinski definition) is 2. The predicted octanol–water partition coefficient (Wildman–Crippen LogP) is 2.60. The summed E-state index contributed by atoms with van der Waals surface area (Å²) in [4.78, 5) is 4.10. The monoisotopic (exact) mass is 190 g/mol. The zero-order chi connectivity index (χ0) is 10.8. The average Bonchev–Trinajstić information content (AvgIpc) is 2.30. The summed E-state index contributed by atoms with van der Waals surface area (Å²) in [6.07, 6.45) is 3.28. The second-order valence-corrected chi connectivity index (χ2v) is 2.33. The van der Waals surface area contributed by atoms with Crippen LogP contribution in [0.5, 0.6) is 0 Å². The minimum Gasteiger partial charge on any atom is -0.405 e. The molecule has 0 saturated carbocycles. The fraction of sp³-hybridized carbons (Fsp3) is 0.250. The molecule has 76 valence electrons. The van der Waals surface area contributed by atoms with Crippen molar-refractivity contribution in [3.63, 3.8) is 0 Å². The maximum Gasteiger partial charge on any atom is 0.0657 e. The second-order valence-electron chi connectivity index (χ2n) is 2.33. The molecule has 0 unspecified atom stereocenters. The lowest BCUT2D eigenvalue weighted by atomic mass is 10.1.